The maximum Gasteiger partial charge on any atom is -0.00979 e. The smallest absolute Gasteiger partial charge is 0.00979 e. The second kappa shape index (κ2) is 3.03. The van der Waals surface area contributed by atoms with Gasteiger partial charge in [-0.1, -0.05) is 37.1 Å². The highest BCUT2D eigenvalue weighted by molar-refractivity contribution is 5.40. The predicted octanol–water partition coefficient (Wildman–Crippen LogP) is 4.19. The molecular weight excluding hydrogens is 192 g/mol. The molecular formula is C16H22. The van der Waals surface area contributed by atoms with Crippen molar-refractivity contribution in [2.45, 2.75) is 39.5 Å². The maximum atomic E-state index is 2.56. The Hall–Kier alpha value is -0.520. The quantitative estimate of drug-likeness (QED) is 0.605. The van der Waals surface area contributed by atoms with Crippen molar-refractivity contribution in [1.82, 2.24) is 0 Å². The van der Waals surface area contributed by atoms with E-state index in [9.17, 15) is 0 Å². The Bertz CT molecular complexity index is 387. The second-order valence-electron chi connectivity index (χ2n) is 6.28. The van der Waals surface area contributed by atoms with Crippen LogP contribution in [0.2, 0.25) is 0 Å². The fourth-order valence-electron chi connectivity index (χ4n) is 5.80. The average molecular weight is 214 g/mol. The summed E-state index contributed by atoms with van der Waals surface area (Å²) in [6.07, 6.45) is 10.6. The van der Waals surface area contributed by atoms with Crippen molar-refractivity contribution in [3.63, 3.8) is 0 Å². The largest absolute Gasteiger partial charge is 0.0879 e. The van der Waals surface area contributed by atoms with Gasteiger partial charge in [-0.3, -0.25) is 0 Å². The normalized spacial score (nSPS) is 51.9. The first kappa shape index (κ1) is 9.50. The van der Waals surface area contributed by atoms with Crippen molar-refractivity contribution < 1.29 is 0 Å². The lowest BCUT2D eigenvalue weighted by Gasteiger charge is -2.49. The van der Waals surface area contributed by atoms with Gasteiger partial charge in [-0.2, -0.15) is 0 Å². The first-order chi connectivity index (χ1) is 7.86. The first-order valence-corrected chi connectivity index (χ1v) is 7.25. The van der Waals surface area contributed by atoms with Crippen LogP contribution in [-0.2, 0) is 0 Å². The Morgan fingerprint density at radius 3 is 2.38 bits per heavy atom. The molecule has 0 aromatic rings. The highest BCUT2D eigenvalue weighted by atomic mass is 14.7. The van der Waals surface area contributed by atoms with Crippen molar-refractivity contribution >= 4 is 0 Å². The van der Waals surface area contributed by atoms with E-state index in [1.807, 2.05) is 11.1 Å². The Balaban J connectivity index is 1.73. The van der Waals surface area contributed by atoms with E-state index in [0.717, 1.165) is 35.5 Å². The van der Waals surface area contributed by atoms with Crippen LogP contribution in [0.1, 0.15) is 39.5 Å². The van der Waals surface area contributed by atoms with Gasteiger partial charge in [0.05, 0.1) is 0 Å². The molecule has 2 fully saturated rings. The van der Waals surface area contributed by atoms with Crippen LogP contribution < -0.4 is 0 Å². The predicted molar refractivity (Wildman–Crippen MR) is 66.9 cm³/mol. The molecule has 0 radical (unpaired) electrons. The van der Waals surface area contributed by atoms with Gasteiger partial charge in [0.2, 0.25) is 0 Å². The molecule has 86 valence electrons. The minimum Gasteiger partial charge on any atom is -0.0879 e. The highest BCUT2D eigenvalue weighted by Crippen LogP contribution is 2.70. The molecule has 2 saturated carbocycles. The summed E-state index contributed by atoms with van der Waals surface area (Å²) in [6.45, 7) is 4.74. The summed E-state index contributed by atoms with van der Waals surface area (Å²) in [4.78, 5) is 0. The zero-order valence-corrected chi connectivity index (χ0v) is 10.4. The molecule has 4 rings (SSSR count). The lowest BCUT2D eigenvalue weighted by Crippen LogP contribution is -2.41. The average Bonchev–Trinajstić information content (AvgIpc) is 2.88. The van der Waals surface area contributed by atoms with Crippen LogP contribution in [0.3, 0.4) is 0 Å². The van der Waals surface area contributed by atoms with E-state index in [0.29, 0.717) is 0 Å². The maximum absolute atomic E-state index is 2.56. The molecule has 4 aliphatic carbocycles. The summed E-state index contributed by atoms with van der Waals surface area (Å²) in [7, 11) is 0. The van der Waals surface area contributed by atoms with Gasteiger partial charge in [-0.25, -0.2) is 0 Å². The van der Waals surface area contributed by atoms with E-state index in [-0.39, 0.29) is 0 Å². The molecule has 0 heteroatoms. The van der Waals surface area contributed by atoms with Crippen molar-refractivity contribution in [3.05, 3.63) is 23.3 Å². The number of rotatable bonds is 2. The summed E-state index contributed by atoms with van der Waals surface area (Å²) in [5, 5.41) is 0. The Morgan fingerprint density at radius 1 is 1.00 bits per heavy atom. The van der Waals surface area contributed by atoms with Gasteiger partial charge in [0.25, 0.3) is 0 Å². The van der Waals surface area contributed by atoms with Crippen molar-refractivity contribution in [1.29, 1.82) is 0 Å². The minimum absolute atomic E-state index is 0.978. The van der Waals surface area contributed by atoms with E-state index in [1.165, 1.54) is 19.3 Å². The number of hydrogen-bond acceptors (Lipinski definition) is 0. The third-order valence-corrected chi connectivity index (χ3v) is 6.14. The fourth-order valence-corrected chi connectivity index (χ4v) is 5.80. The zero-order valence-electron chi connectivity index (χ0n) is 10.4. The lowest BCUT2D eigenvalue weighted by atomic mass is 9.55. The summed E-state index contributed by atoms with van der Waals surface area (Å²) >= 11 is 0. The molecule has 0 amide bonds. The van der Waals surface area contributed by atoms with Crippen LogP contribution in [-0.4, -0.2) is 0 Å². The Labute approximate surface area is 98.8 Å². The highest BCUT2D eigenvalue weighted by Gasteiger charge is 2.62. The molecule has 0 spiro atoms. The third-order valence-electron chi connectivity index (χ3n) is 6.14. The summed E-state index contributed by atoms with van der Waals surface area (Å²) < 4.78 is 0. The number of fused-ring (bicyclic) bond motifs is 8. The SMILES string of the molecule is CCC1=C(CC)[C@H]2C3CC(C4CC=CC43)[C@@H]12. The molecule has 2 bridgehead atoms. The monoisotopic (exact) mass is 214 g/mol. The van der Waals surface area contributed by atoms with E-state index >= 15 is 0 Å². The van der Waals surface area contributed by atoms with Crippen LogP contribution in [0.25, 0.3) is 0 Å². The molecule has 0 aliphatic heterocycles. The first-order valence-electron chi connectivity index (χ1n) is 7.25. The van der Waals surface area contributed by atoms with Gasteiger partial charge in [-0.05, 0) is 61.2 Å². The lowest BCUT2D eigenvalue weighted by molar-refractivity contribution is 0.141. The van der Waals surface area contributed by atoms with Crippen LogP contribution in [0, 0.1) is 35.5 Å². The van der Waals surface area contributed by atoms with Gasteiger partial charge in [0, 0.05) is 0 Å². The van der Waals surface area contributed by atoms with Crippen LogP contribution in [0.4, 0.5) is 0 Å². The molecule has 0 aromatic carbocycles. The summed E-state index contributed by atoms with van der Waals surface area (Å²) in [5.41, 5.74) is 3.75. The van der Waals surface area contributed by atoms with Crippen LogP contribution in [0.15, 0.2) is 23.3 Å². The summed E-state index contributed by atoms with van der Waals surface area (Å²) in [5.74, 6) is 6.20. The molecule has 16 heavy (non-hydrogen) atoms. The molecule has 0 N–H and O–H groups in total. The van der Waals surface area contributed by atoms with Crippen LogP contribution >= 0.6 is 0 Å². The molecule has 0 heterocycles. The van der Waals surface area contributed by atoms with E-state index in [4.69, 9.17) is 0 Å². The van der Waals surface area contributed by atoms with Gasteiger partial charge in [-0.15, -0.1) is 0 Å². The zero-order chi connectivity index (χ0) is 10.9. The topological polar surface area (TPSA) is 0 Å². The Kier molecular flexibility index (Phi) is 1.80. The molecule has 0 saturated heterocycles. The van der Waals surface area contributed by atoms with Gasteiger partial charge >= 0.3 is 0 Å². The fraction of sp³-hybridized carbons (Fsp3) is 0.750. The van der Waals surface area contributed by atoms with E-state index < -0.39 is 0 Å². The molecule has 0 aromatic heterocycles. The molecule has 4 aliphatic rings. The van der Waals surface area contributed by atoms with E-state index in [2.05, 4.69) is 26.0 Å². The van der Waals surface area contributed by atoms with Crippen molar-refractivity contribution in [3.8, 4) is 0 Å². The molecule has 4 unspecified atom stereocenters. The van der Waals surface area contributed by atoms with Gasteiger partial charge < -0.3 is 0 Å². The molecule has 0 nitrogen and oxygen atoms in total. The van der Waals surface area contributed by atoms with Gasteiger partial charge in [0.1, 0.15) is 0 Å². The summed E-state index contributed by atoms with van der Waals surface area (Å²) in [6, 6.07) is 0. The Morgan fingerprint density at radius 2 is 1.69 bits per heavy atom. The molecule has 6 atom stereocenters. The van der Waals surface area contributed by atoms with Crippen molar-refractivity contribution in [2.24, 2.45) is 35.5 Å². The third kappa shape index (κ3) is 0.858. The van der Waals surface area contributed by atoms with Crippen LogP contribution in [0.5, 0.6) is 0 Å². The second-order valence-corrected chi connectivity index (χ2v) is 6.28. The van der Waals surface area contributed by atoms with Crippen molar-refractivity contribution in [2.75, 3.05) is 0 Å². The minimum atomic E-state index is 0.978. The van der Waals surface area contributed by atoms with E-state index in [1.54, 1.807) is 6.42 Å². The van der Waals surface area contributed by atoms with Gasteiger partial charge in [0.15, 0.2) is 0 Å². The standard InChI is InChI=1S/C16H22/c1-3-9-10(4-2)16-14-8-13(15(9)16)11-6-5-7-12(11)14/h5-6,11-16H,3-4,7-8H2,1-2H3/t11?,12?,13?,14?,15-,16+/m0/s1. The number of allylic oxidation sites excluding steroid dienone is 4. The number of hydrogen-bond donors (Lipinski definition) is 0.